The predicted octanol–water partition coefficient (Wildman–Crippen LogP) is 15.5. The minimum atomic E-state index is -2.98. The summed E-state index contributed by atoms with van der Waals surface area (Å²) < 4.78 is 34.4. The Bertz CT molecular complexity index is 4770. The fourth-order valence-electron chi connectivity index (χ4n) is 14.4. The average molecular weight is 1180 g/mol. The minimum Gasteiger partial charge on any atom is -0.310 e. The summed E-state index contributed by atoms with van der Waals surface area (Å²) in [5.74, 6) is -0.568. The normalized spacial score (nSPS) is 11.9. The number of fused-ring (bicyclic) bond motifs is 7. The Morgan fingerprint density at radius 1 is 0.225 bits per heavy atom. The van der Waals surface area contributed by atoms with E-state index in [1.54, 1.807) is 24.3 Å². The Hall–Kier alpha value is -11.0. The van der Waals surface area contributed by atoms with Gasteiger partial charge in [0.15, 0.2) is 16.1 Å². The van der Waals surface area contributed by atoms with Crippen molar-refractivity contribution < 1.29 is 8.78 Å². The van der Waals surface area contributed by atoms with Gasteiger partial charge in [0.25, 0.3) is 0 Å². The molecule has 0 saturated heterocycles. The predicted molar refractivity (Wildman–Crippen MR) is 374 cm³/mol. The molecule has 3 nitrogen and oxygen atoms in total. The molecule has 0 saturated carbocycles. The van der Waals surface area contributed by atoms with Crippen molar-refractivity contribution in [2.24, 2.45) is 0 Å². The number of nitrogens with zero attached hydrogens (tertiary/aromatic N) is 3. The first-order valence-electron chi connectivity index (χ1n) is 30.3. The third-order valence-corrected chi connectivity index (χ3v) is 27.8. The van der Waals surface area contributed by atoms with Crippen LogP contribution in [0.15, 0.2) is 346 Å². The van der Waals surface area contributed by atoms with Gasteiger partial charge in [0.1, 0.15) is 11.6 Å². The van der Waals surface area contributed by atoms with Gasteiger partial charge in [-0.2, -0.15) is 0 Å². The van der Waals surface area contributed by atoms with Gasteiger partial charge in [-0.3, -0.25) is 0 Å². The number of hydrogen-bond donors (Lipinski definition) is 0. The third-order valence-electron chi connectivity index (χ3n) is 18.3. The molecule has 0 aliphatic carbocycles. The highest BCUT2D eigenvalue weighted by molar-refractivity contribution is 7.20. The van der Waals surface area contributed by atoms with Crippen molar-refractivity contribution in [1.29, 1.82) is 0 Å². The summed E-state index contributed by atoms with van der Waals surface area (Å²) in [4.78, 5) is 2.40. The summed E-state index contributed by atoms with van der Waals surface area (Å²) >= 11 is 0. The molecule has 0 atom stereocenters. The lowest BCUT2D eigenvalue weighted by molar-refractivity contribution is 0.627. The standard InChI is InChI=1S/C82H57F2N3Si2/c83-60-36-41-62(42-37-60)86-79-49-45-65(54-75(79)77-56-73(47-51-81(77)86)88(67-23-7-1-8-24-67,68-25-9-2-10-26-68)69-27-11-3-12-28-69)85(64-40-35-58-21-19-20-22-59(58)53-64)66-46-50-80-76(55-66)78-57-74(48-52-82(78)87(80)63-43-38-61(84)39-44-63)89(70-29-13-4-14-30-70,71-31-15-5-16-32-71)72-33-17-6-18-34-72/h1-57H. The molecular formula is C82H57F2N3Si2. The highest BCUT2D eigenvalue weighted by Crippen LogP contribution is 2.43. The maximum atomic E-state index is 14.9. The van der Waals surface area contributed by atoms with E-state index >= 15 is 0 Å². The van der Waals surface area contributed by atoms with Crippen molar-refractivity contribution in [1.82, 2.24) is 9.13 Å². The van der Waals surface area contributed by atoms with Gasteiger partial charge in [-0.25, -0.2) is 8.78 Å². The molecule has 0 unspecified atom stereocenters. The number of hydrogen-bond acceptors (Lipinski definition) is 1. The van der Waals surface area contributed by atoms with Crippen molar-refractivity contribution in [3.8, 4) is 11.4 Å². The molecule has 0 aliphatic rings. The maximum Gasteiger partial charge on any atom is 0.179 e. The molecule has 0 aliphatic heterocycles. The molecule has 2 heterocycles. The van der Waals surface area contributed by atoms with Gasteiger partial charge in [0.05, 0.1) is 22.1 Å². The van der Waals surface area contributed by atoms with E-state index in [4.69, 9.17) is 0 Å². The zero-order valence-corrected chi connectivity index (χ0v) is 50.5. The van der Waals surface area contributed by atoms with Crippen LogP contribution in [0.25, 0.3) is 65.8 Å². The molecule has 0 amide bonds. The number of benzene rings is 14. The molecule has 14 aromatic carbocycles. The number of rotatable bonds is 13. The Morgan fingerprint density at radius 3 is 0.854 bits per heavy atom. The molecule has 0 N–H and O–H groups in total. The van der Waals surface area contributed by atoms with Gasteiger partial charge in [0.2, 0.25) is 0 Å². The lowest BCUT2D eigenvalue weighted by Crippen LogP contribution is -2.74. The molecule has 0 radical (unpaired) electrons. The van der Waals surface area contributed by atoms with Crippen LogP contribution in [0.4, 0.5) is 25.8 Å². The molecule has 7 heteroatoms. The summed E-state index contributed by atoms with van der Waals surface area (Å²) in [6.07, 6.45) is 0. The molecule has 0 bridgehead atoms. The van der Waals surface area contributed by atoms with Crippen molar-refractivity contribution in [3.05, 3.63) is 357 Å². The van der Waals surface area contributed by atoms with Crippen LogP contribution in [-0.2, 0) is 0 Å². The molecule has 0 fully saturated rings. The second kappa shape index (κ2) is 22.1. The first-order chi connectivity index (χ1) is 43.9. The zero-order valence-electron chi connectivity index (χ0n) is 48.5. The van der Waals surface area contributed by atoms with E-state index in [2.05, 4.69) is 311 Å². The van der Waals surface area contributed by atoms with Crippen molar-refractivity contribution in [2.45, 2.75) is 0 Å². The van der Waals surface area contributed by atoms with E-state index in [9.17, 15) is 8.78 Å². The smallest absolute Gasteiger partial charge is 0.179 e. The molecule has 16 aromatic rings. The SMILES string of the molecule is Fc1ccc(-n2c3ccc(N(c4ccc5ccccc5c4)c4ccc5c(c4)c4cc([Si](c6ccccc6)(c6ccccc6)c6ccccc6)ccc4n5-c4ccc(F)cc4)cc3c3cc([Si](c4ccccc4)(c4ccccc4)c4ccccc4)ccc32)cc1. The largest absolute Gasteiger partial charge is 0.310 e. The van der Waals surface area contributed by atoms with Crippen LogP contribution in [0, 0.1) is 11.6 Å². The number of halogens is 2. The van der Waals surface area contributed by atoms with Crippen LogP contribution in [0.5, 0.6) is 0 Å². The molecular weight excluding hydrogens is 1120 g/mol. The molecule has 16 rings (SSSR count). The van der Waals surface area contributed by atoms with E-state index in [0.29, 0.717) is 0 Å². The van der Waals surface area contributed by atoms with E-state index in [1.807, 2.05) is 24.3 Å². The van der Waals surface area contributed by atoms with Gasteiger partial charge in [-0.05, 0) is 161 Å². The Kier molecular flexibility index (Phi) is 13.3. The zero-order chi connectivity index (χ0) is 59.5. The second-order valence-electron chi connectivity index (χ2n) is 23.1. The van der Waals surface area contributed by atoms with Gasteiger partial charge in [0, 0.05) is 50.0 Å². The van der Waals surface area contributed by atoms with E-state index < -0.39 is 16.1 Å². The van der Waals surface area contributed by atoms with Crippen LogP contribution in [-0.4, -0.2) is 25.3 Å². The van der Waals surface area contributed by atoms with E-state index in [-0.39, 0.29) is 11.6 Å². The Morgan fingerprint density at radius 2 is 0.506 bits per heavy atom. The topological polar surface area (TPSA) is 13.1 Å². The summed E-state index contributed by atoms with van der Waals surface area (Å²) in [5, 5.41) is 16.8. The summed E-state index contributed by atoms with van der Waals surface area (Å²) in [7, 11) is -5.97. The van der Waals surface area contributed by atoms with Crippen LogP contribution in [0.3, 0.4) is 0 Å². The van der Waals surface area contributed by atoms with Gasteiger partial charge >= 0.3 is 0 Å². The van der Waals surface area contributed by atoms with Crippen molar-refractivity contribution in [3.63, 3.8) is 0 Å². The lowest BCUT2D eigenvalue weighted by Gasteiger charge is -2.34. The van der Waals surface area contributed by atoms with Crippen LogP contribution in [0.1, 0.15) is 0 Å². The summed E-state index contributed by atoms with van der Waals surface area (Å²) in [5.41, 5.74) is 8.74. The first-order valence-corrected chi connectivity index (χ1v) is 34.3. The summed E-state index contributed by atoms with van der Waals surface area (Å²) in [6, 6.07) is 123. The maximum absolute atomic E-state index is 14.9. The fraction of sp³-hybridized carbons (Fsp3) is 0. The van der Waals surface area contributed by atoms with E-state index in [1.165, 1.54) is 41.5 Å². The quantitative estimate of drug-likeness (QED) is 0.0828. The third kappa shape index (κ3) is 8.88. The van der Waals surface area contributed by atoms with Crippen LogP contribution >= 0.6 is 0 Å². The number of anilines is 3. The van der Waals surface area contributed by atoms with Gasteiger partial charge < -0.3 is 14.0 Å². The second-order valence-corrected chi connectivity index (χ2v) is 30.7. The Balaban J connectivity index is 0.975. The highest BCUT2D eigenvalue weighted by atomic mass is 28.3. The first kappa shape index (κ1) is 53.5. The van der Waals surface area contributed by atoms with Gasteiger partial charge in [-0.1, -0.05) is 237 Å². The molecule has 422 valence electrons. The fourth-order valence-corrected chi connectivity index (χ4v) is 23.9. The van der Waals surface area contributed by atoms with Crippen LogP contribution in [0.2, 0.25) is 0 Å². The average Bonchev–Trinajstić information content (AvgIpc) is 1.74. The lowest BCUT2D eigenvalue weighted by atomic mass is 10.1. The monoisotopic (exact) mass is 1180 g/mol. The molecule has 2 aromatic heterocycles. The molecule has 0 spiro atoms. The van der Waals surface area contributed by atoms with Crippen molar-refractivity contribution in [2.75, 3.05) is 4.90 Å². The van der Waals surface area contributed by atoms with E-state index in [0.717, 1.165) is 82.8 Å². The Labute approximate surface area is 517 Å². The van der Waals surface area contributed by atoms with Crippen LogP contribution < -0.4 is 46.4 Å². The van der Waals surface area contributed by atoms with Gasteiger partial charge in [-0.15, -0.1) is 0 Å². The van der Waals surface area contributed by atoms with Crippen molar-refractivity contribution >= 4 is 129 Å². The number of aromatic nitrogens is 2. The minimum absolute atomic E-state index is 0.284. The summed E-state index contributed by atoms with van der Waals surface area (Å²) in [6.45, 7) is 0. The highest BCUT2D eigenvalue weighted by Gasteiger charge is 2.43. The molecule has 89 heavy (non-hydrogen) atoms.